The number of hydrogen-bond donors (Lipinski definition) is 2. The maximum atomic E-state index is 10.9. The van der Waals surface area contributed by atoms with Crippen molar-refractivity contribution in [2.45, 2.75) is 18.6 Å². The van der Waals surface area contributed by atoms with Crippen LogP contribution >= 0.6 is 0 Å². The fraction of sp³-hybridized carbons (Fsp3) is 0.200. The summed E-state index contributed by atoms with van der Waals surface area (Å²) >= 11 is 0. The van der Waals surface area contributed by atoms with Crippen molar-refractivity contribution < 1.29 is 19.3 Å². The number of aliphatic hydroxyl groups is 1. The minimum atomic E-state index is -0.754. The number of aliphatic hydroxyl groups excluding tert-OH is 1. The predicted molar refractivity (Wildman–Crippen MR) is 125 cm³/mol. The van der Waals surface area contributed by atoms with Gasteiger partial charge < -0.3 is 19.7 Å². The van der Waals surface area contributed by atoms with Gasteiger partial charge in [0.05, 0.1) is 11.0 Å². The molecule has 34 heavy (non-hydrogen) atoms. The standard InChI is InChI=1S/C25H24N4O5/c30-21(17-33-22-9-5-2-6-10-22)16-26-23(15-18-7-3-1-4-8-18)25-27-24(28-34-25)19-11-13-20(14-12-19)29(31)32/h1-14,21,23,26,30H,15-17H2/t21-,23-/m0/s1. The Morgan fingerprint density at radius 2 is 1.68 bits per heavy atom. The quantitative estimate of drug-likeness (QED) is 0.255. The SMILES string of the molecule is O=[N+]([O-])c1ccc(-c2noc([C@H](Cc3ccccc3)NC[C@H](O)COc3ccccc3)n2)cc1. The highest BCUT2D eigenvalue weighted by atomic mass is 16.6. The van der Waals surface area contributed by atoms with Gasteiger partial charge >= 0.3 is 0 Å². The summed E-state index contributed by atoms with van der Waals surface area (Å²) in [6.45, 7) is 0.381. The van der Waals surface area contributed by atoms with Crippen LogP contribution in [0.3, 0.4) is 0 Å². The van der Waals surface area contributed by atoms with Gasteiger partial charge in [-0.15, -0.1) is 0 Å². The number of nitro benzene ring substituents is 1. The van der Waals surface area contributed by atoms with Crippen molar-refractivity contribution in [1.82, 2.24) is 15.5 Å². The molecule has 0 aliphatic rings. The Hall–Kier alpha value is -4.08. The Balaban J connectivity index is 1.44. The zero-order valence-electron chi connectivity index (χ0n) is 18.3. The van der Waals surface area contributed by atoms with Crippen molar-refractivity contribution in [3.63, 3.8) is 0 Å². The minimum absolute atomic E-state index is 0.0113. The number of non-ortho nitro benzene ring substituents is 1. The molecule has 0 bridgehead atoms. The van der Waals surface area contributed by atoms with Crippen LogP contribution in [0.25, 0.3) is 11.4 Å². The highest BCUT2D eigenvalue weighted by Crippen LogP contribution is 2.23. The Bertz CT molecular complexity index is 1180. The molecular weight excluding hydrogens is 436 g/mol. The first-order valence-electron chi connectivity index (χ1n) is 10.8. The number of rotatable bonds is 11. The maximum absolute atomic E-state index is 10.9. The monoisotopic (exact) mass is 460 g/mol. The Kier molecular flexibility index (Phi) is 7.59. The average Bonchev–Trinajstić information content (AvgIpc) is 3.37. The molecule has 0 saturated heterocycles. The lowest BCUT2D eigenvalue weighted by molar-refractivity contribution is -0.384. The summed E-state index contributed by atoms with van der Waals surface area (Å²) in [7, 11) is 0. The zero-order chi connectivity index (χ0) is 23.8. The van der Waals surface area contributed by atoms with Crippen LogP contribution in [0.1, 0.15) is 17.5 Å². The van der Waals surface area contributed by atoms with E-state index in [1.54, 1.807) is 12.1 Å². The van der Waals surface area contributed by atoms with E-state index >= 15 is 0 Å². The van der Waals surface area contributed by atoms with Crippen LogP contribution < -0.4 is 10.1 Å². The topological polar surface area (TPSA) is 124 Å². The van der Waals surface area contributed by atoms with E-state index in [-0.39, 0.29) is 24.9 Å². The number of aromatic nitrogens is 2. The van der Waals surface area contributed by atoms with Crippen molar-refractivity contribution in [2.75, 3.05) is 13.2 Å². The highest BCUT2D eigenvalue weighted by molar-refractivity contribution is 5.56. The van der Waals surface area contributed by atoms with Gasteiger partial charge in [0.1, 0.15) is 18.5 Å². The van der Waals surface area contributed by atoms with E-state index in [1.165, 1.54) is 12.1 Å². The molecule has 0 fully saturated rings. The van der Waals surface area contributed by atoms with Gasteiger partial charge in [0, 0.05) is 24.2 Å². The molecule has 0 amide bonds. The molecule has 2 atom stereocenters. The summed E-state index contributed by atoms with van der Waals surface area (Å²) in [6, 6.07) is 24.7. The number of para-hydroxylation sites is 1. The number of ether oxygens (including phenoxy) is 1. The van der Waals surface area contributed by atoms with E-state index in [9.17, 15) is 15.2 Å². The lowest BCUT2D eigenvalue weighted by atomic mass is 10.1. The molecule has 0 spiro atoms. The molecule has 1 aromatic heterocycles. The van der Waals surface area contributed by atoms with Crippen LogP contribution in [0.5, 0.6) is 5.75 Å². The Labute approximate surface area is 196 Å². The maximum Gasteiger partial charge on any atom is 0.269 e. The average molecular weight is 460 g/mol. The molecule has 0 saturated carbocycles. The van der Waals surface area contributed by atoms with E-state index < -0.39 is 11.0 Å². The summed E-state index contributed by atoms with van der Waals surface area (Å²) in [5.41, 5.74) is 1.66. The molecule has 1 heterocycles. The van der Waals surface area contributed by atoms with Crippen LogP contribution in [0, 0.1) is 10.1 Å². The molecule has 3 aromatic carbocycles. The molecule has 4 aromatic rings. The van der Waals surface area contributed by atoms with Crippen LogP contribution in [-0.2, 0) is 6.42 Å². The van der Waals surface area contributed by atoms with Gasteiger partial charge in [-0.3, -0.25) is 10.1 Å². The van der Waals surface area contributed by atoms with Gasteiger partial charge in [-0.1, -0.05) is 53.7 Å². The van der Waals surface area contributed by atoms with Crippen LogP contribution in [-0.4, -0.2) is 39.4 Å². The third-order valence-electron chi connectivity index (χ3n) is 5.14. The second kappa shape index (κ2) is 11.2. The van der Waals surface area contributed by atoms with Crippen molar-refractivity contribution in [2.24, 2.45) is 0 Å². The van der Waals surface area contributed by atoms with E-state index in [0.717, 1.165) is 5.56 Å². The van der Waals surface area contributed by atoms with Gasteiger partial charge in [0.2, 0.25) is 11.7 Å². The molecule has 0 radical (unpaired) electrons. The lowest BCUT2D eigenvalue weighted by Crippen LogP contribution is -2.35. The second-order valence-corrected chi connectivity index (χ2v) is 7.69. The van der Waals surface area contributed by atoms with Gasteiger partial charge in [0.25, 0.3) is 5.69 Å². The van der Waals surface area contributed by atoms with E-state index in [0.29, 0.717) is 29.4 Å². The summed E-state index contributed by atoms with van der Waals surface area (Å²) in [4.78, 5) is 14.9. The smallest absolute Gasteiger partial charge is 0.269 e. The van der Waals surface area contributed by atoms with Crippen LogP contribution in [0.4, 0.5) is 5.69 Å². The van der Waals surface area contributed by atoms with Crippen molar-refractivity contribution in [1.29, 1.82) is 0 Å². The summed E-state index contributed by atoms with van der Waals surface area (Å²) in [5.74, 6) is 1.37. The lowest BCUT2D eigenvalue weighted by Gasteiger charge is -2.18. The third kappa shape index (κ3) is 6.25. The fourth-order valence-electron chi connectivity index (χ4n) is 3.37. The van der Waals surface area contributed by atoms with E-state index in [4.69, 9.17) is 9.26 Å². The van der Waals surface area contributed by atoms with Gasteiger partial charge in [-0.25, -0.2) is 0 Å². The van der Waals surface area contributed by atoms with Gasteiger partial charge in [-0.05, 0) is 36.2 Å². The number of nitrogens with zero attached hydrogens (tertiary/aromatic N) is 3. The minimum Gasteiger partial charge on any atom is -0.491 e. The molecule has 0 aliphatic carbocycles. The first kappa shape index (κ1) is 23.1. The normalized spacial score (nSPS) is 12.7. The molecule has 174 valence electrons. The molecule has 4 rings (SSSR count). The van der Waals surface area contributed by atoms with Crippen LogP contribution in [0.2, 0.25) is 0 Å². The Morgan fingerprint density at radius 3 is 2.35 bits per heavy atom. The number of hydrogen-bond acceptors (Lipinski definition) is 8. The zero-order valence-corrected chi connectivity index (χ0v) is 18.3. The third-order valence-corrected chi connectivity index (χ3v) is 5.14. The van der Waals surface area contributed by atoms with Crippen molar-refractivity contribution in [3.8, 4) is 17.1 Å². The highest BCUT2D eigenvalue weighted by Gasteiger charge is 2.21. The van der Waals surface area contributed by atoms with Crippen molar-refractivity contribution >= 4 is 5.69 Å². The number of nitrogens with one attached hydrogen (secondary N) is 1. The van der Waals surface area contributed by atoms with Gasteiger partial charge in [-0.2, -0.15) is 4.98 Å². The van der Waals surface area contributed by atoms with Gasteiger partial charge in [0.15, 0.2) is 0 Å². The first-order chi connectivity index (χ1) is 16.6. The van der Waals surface area contributed by atoms with E-state index in [1.807, 2.05) is 60.7 Å². The summed E-state index contributed by atoms with van der Waals surface area (Å²) < 4.78 is 11.1. The first-order valence-corrected chi connectivity index (χ1v) is 10.8. The summed E-state index contributed by atoms with van der Waals surface area (Å²) in [6.07, 6.45) is -0.190. The second-order valence-electron chi connectivity index (χ2n) is 7.69. The molecule has 2 N–H and O–H groups in total. The number of benzene rings is 3. The van der Waals surface area contributed by atoms with E-state index in [2.05, 4.69) is 15.5 Å². The Morgan fingerprint density at radius 1 is 1.00 bits per heavy atom. The van der Waals surface area contributed by atoms with Crippen LogP contribution in [0.15, 0.2) is 89.5 Å². The molecular formula is C25H24N4O5. The largest absolute Gasteiger partial charge is 0.491 e. The molecule has 9 heteroatoms. The number of nitro groups is 1. The molecule has 0 aliphatic heterocycles. The fourth-order valence-corrected chi connectivity index (χ4v) is 3.37. The molecule has 0 unspecified atom stereocenters. The van der Waals surface area contributed by atoms with Crippen molar-refractivity contribution in [3.05, 3.63) is 106 Å². The molecule has 9 nitrogen and oxygen atoms in total. The summed E-state index contributed by atoms with van der Waals surface area (Å²) in [5, 5.41) is 28.6. The predicted octanol–water partition coefficient (Wildman–Crippen LogP) is 3.96.